The number of fused-ring (bicyclic) bond motifs is 1. The van der Waals surface area contributed by atoms with Crippen LogP contribution in [0.3, 0.4) is 0 Å². The van der Waals surface area contributed by atoms with E-state index in [1.165, 1.54) is 36.0 Å². The molecule has 0 unspecified atom stereocenters. The lowest BCUT2D eigenvalue weighted by atomic mass is 10.1. The molecule has 0 aromatic heterocycles. The largest absolute Gasteiger partial charge is 0.488 e. The van der Waals surface area contributed by atoms with E-state index in [1.807, 2.05) is 25.1 Å². The lowest BCUT2D eigenvalue weighted by Gasteiger charge is -2.13. The first-order chi connectivity index (χ1) is 9.78. The van der Waals surface area contributed by atoms with Crippen LogP contribution in [0.5, 0.6) is 5.75 Å². The predicted molar refractivity (Wildman–Crippen MR) is 79.9 cm³/mol. The van der Waals surface area contributed by atoms with Gasteiger partial charge < -0.3 is 9.84 Å². The van der Waals surface area contributed by atoms with Crippen LogP contribution in [0.4, 0.5) is 0 Å². The molecule has 0 bridgehead atoms. The number of aliphatic hydroxyl groups is 1. The Hall–Kier alpha value is -1.80. The Balaban J connectivity index is 1.77. The fraction of sp³-hybridized carbons (Fsp3) is 0.333. The van der Waals surface area contributed by atoms with Gasteiger partial charge in [0.1, 0.15) is 12.4 Å². The lowest BCUT2D eigenvalue weighted by Crippen LogP contribution is -2.01. The third-order valence-electron chi connectivity index (χ3n) is 4.01. The summed E-state index contributed by atoms with van der Waals surface area (Å²) >= 11 is 0. The van der Waals surface area contributed by atoms with E-state index < -0.39 is 0 Å². The van der Waals surface area contributed by atoms with Crippen molar-refractivity contribution in [1.82, 2.24) is 0 Å². The van der Waals surface area contributed by atoms with Gasteiger partial charge >= 0.3 is 0 Å². The van der Waals surface area contributed by atoms with E-state index in [4.69, 9.17) is 4.74 Å². The van der Waals surface area contributed by atoms with E-state index in [1.54, 1.807) is 0 Å². The van der Waals surface area contributed by atoms with Gasteiger partial charge in [-0.3, -0.25) is 0 Å². The Morgan fingerprint density at radius 3 is 2.80 bits per heavy atom. The van der Waals surface area contributed by atoms with Crippen LogP contribution < -0.4 is 4.74 Å². The molecule has 20 heavy (non-hydrogen) atoms. The number of benzene rings is 2. The molecule has 1 aliphatic carbocycles. The molecule has 0 radical (unpaired) electrons. The maximum Gasteiger partial charge on any atom is 0.128 e. The first kappa shape index (κ1) is 13.2. The van der Waals surface area contributed by atoms with Crippen molar-refractivity contribution in [3.05, 3.63) is 64.2 Å². The summed E-state index contributed by atoms with van der Waals surface area (Å²) in [5, 5.41) is 9.39. The number of hydrogen-bond acceptors (Lipinski definition) is 2. The van der Waals surface area contributed by atoms with Gasteiger partial charge in [0.15, 0.2) is 0 Å². The SMILES string of the molecule is Cc1cccc(CO)c1OCc1ccc2c(c1)CCC2. The first-order valence-corrected chi connectivity index (χ1v) is 7.21. The molecule has 0 fully saturated rings. The summed E-state index contributed by atoms with van der Waals surface area (Å²) in [6.07, 6.45) is 3.67. The van der Waals surface area contributed by atoms with Gasteiger partial charge in [0, 0.05) is 5.56 Å². The number of ether oxygens (including phenoxy) is 1. The van der Waals surface area contributed by atoms with Crippen molar-refractivity contribution in [2.24, 2.45) is 0 Å². The van der Waals surface area contributed by atoms with Gasteiger partial charge in [-0.2, -0.15) is 0 Å². The normalized spacial score (nSPS) is 13.3. The van der Waals surface area contributed by atoms with Crippen LogP contribution in [-0.4, -0.2) is 5.11 Å². The molecule has 0 atom stereocenters. The molecule has 0 aliphatic heterocycles. The highest BCUT2D eigenvalue weighted by Crippen LogP contribution is 2.26. The Morgan fingerprint density at radius 1 is 1.10 bits per heavy atom. The highest BCUT2D eigenvalue weighted by molar-refractivity contribution is 5.41. The summed E-state index contributed by atoms with van der Waals surface area (Å²) in [6, 6.07) is 12.5. The smallest absolute Gasteiger partial charge is 0.128 e. The standard InChI is InChI=1S/C18H20O2/c1-13-4-2-7-17(11-19)18(13)20-12-14-8-9-15-5-3-6-16(15)10-14/h2,4,7-10,19H,3,5-6,11-12H2,1H3. The Bertz CT molecular complexity index is 617. The minimum Gasteiger partial charge on any atom is -0.488 e. The van der Waals surface area contributed by atoms with Crippen LogP contribution in [0.15, 0.2) is 36.4 Å². The van der Waals surface area contributed by atoms with E-state index in [0.717, 1.165) is 16.9 Å². The van der Waals surface area contributed by atoms with Crippen LogP contribution in [0.1, 0.15) is 34.2 Å². The molecule has 0 heterocycles. The van der Waals surface area contributed by atoms with Crippen molar-refractivity contribution in [2.45, 2.75) is 39.4 Å². The van der Waals surface area contributed by atoms with Gasteiger partial charge in [-0.05, 0) is 48.4 Å². The number of aliphatic hydroxyl groups excluding tert-OH is 1. The summed E-state index contributed by atoms with van der Waals surface area (Å²) < 4.78 is 5.94. The van der Waals surface area contributed by atoms with E-state index in [0.29, 0.717) is 6.61 Å². The van der Waals surface area contributed by atoms with Gasteiger partial charge in [0.05, 0.1) is 6.61 Å². The summed E-state index contributed by atoms with van der Waals surface area (Å²) in [5.74, 6) is 0.815. The molecule has 2 aromatic rings. The third kappa shape index (κ3) is 2.56. The second kappa shape index (κ2) is 5.68. The van der Waals surface area contributed by atoms with Gasteiger partial charge in [0.2, 0.25) is 0 Å². The fourth-order valence-electron chi connectivity index (χ4n) is 2.91. The zero-order chi connectivity index (χ0) is 13.9. The zero-order valence-electron chi connectivity index (χ0n) is 11.9. The summed E-state index contributed by atoms with van der Waals surface area (Å²) in [4.78, 5) is 0. The molecule has 2 aromatic carbocycles. The van der Waals surface area contributed by atoms with Crippen LogP contribution in [-0.2, 0) is 26.1 Å². The maximum atomic E-state index is 9.39. The zero-order valence-corrected chi connectivity index (χ0v) is 11.9. The molecule has 0 saturated heterocycles. The molecule has 104 valence electrons. The lowest BCUT2D eigenvalue weighted by molar-refractivity contribution is 0.258. The van der Waals surface area contributed by atoms with Gasteiger partial charge in [-0.25, -0.2) is 0 Å². The van der Waals surface area contributed by atoms with Gasteiger partial charge in [-0.1, -0.05) is 36.4 Å². The maximum absolute atomic E-state index is 9.39. The van der Waals surface area contributed by atoms with Gasteiger partial charge in [0.25, 0.3) is 0 Å². The van der Waals surface area contributed by atoms with Crippen LogP contribution in [0.2, 0.25) is 0 Å². The topological polar surface area (TPSA) is 29.5 Å². The third-order valence-corrected chi connectivity index (χ3v) is 4.01. The summed E-state index contributed by atoms with van der Waals surface area (Å²) in [5.41, 5.74) is 6.08. The van der Waals surface area contributed by atoms with Crippen LogP contribution in [0, 0.1) is 6.92 Å². The molecule has 3 rings (SSSR count). The fourth-order valence-corrected chi connectivity index (χ4v) is 2.91. The number of para-hydroxylation sites is 1. The molecule has 2 heteroatoms. The quantitative estimate of drug-likeness (QED) is 0.918. The molecule has 2 nitrogen and oxygen atoms in total. The second-order valence-corrected chi connectivity index (χ2v) is 5.47. The Morgan fingerprint density at radius 2 is 1.95 bits per heavy atom. The minimum absolute atomic E-state index is 0.0151. The van der Waals surface area contributed by atoms with Crippen molar-refractivity contribution in [2.75, 3.05) is 0 Å². The number of rotatable bonds is 4. The van der Waals surface area contributed by atoms with Crippen molar-refractivity contribution < 1.29 is 9.84 Å². The van der Waals surface area contributed by atoms with E-state index in [9.17, 15) is 5.11 Å². The highest BCUT2D eigenvalue weighted by atomic mass is 16.5. The average Bonchev–Trinajstić information content (AvgIpc) is 2.93. The summed E-state index contributed by atoms with van der Waals surface area (Å²) in [6.45, 7) is 2.59. The monoisotopic (exact) mass is 268 g/mol. The molecule has 0 amide bonds. The van der Waals surface area contributed by atoms with Crippen molar-refractivity contribution >= 4 is 0 Å². The molecular weight excluding hydrogens is 248 g/mol. The highest BCUT2D eigenvalue weighted by Gasteiger charge is 2.11. The van der Waals surface area contributed by atoms with Crippen molar-refractivity contribution in [3.63, 3.8) is 0 Å². The van der Waals surface area contributed by atoms with Crippen molar-refractivity contribution in [1.29, 1.82) is 0 Å². The van der Waals surface area contributed by atoms with E-state index in [-0.39, 0.29) is 6.61 Å². The average molecular weight is 268 g/mol. The number of aryl methyl sites for hydroxylation is 3. The molecule has 0 spiro atoms. The van der Waals surface area contributed by atoms with Gasteiger partial charge in [-0.15, -0.1) is 0 Å². The predicted octanol–water partition coefficient (Wildman–Crippen LogP) is 3.56. The second-order valence-electron chi connectivity index (χ2n) is 5.47. The molecule has 1 aliphatic rings. The Labute approximate surface area is 120 Å². The summed E-state index contributed by atoms with van der Waals surface area (Å²) in [7, 11) is 0. The molecule has 0 saturated carbocycles. The van der Waals surface area contributed by atoms with E-state index >= 15 is 0 Å². The van der Waals surface area contributed by atoms with Crippen LogP contribution in [0.25, 0.3) is 0 Å². The molecular formula is C18H20O2. The van der Waals surface area contributed by atoms with Crippen molar-refractivity contribution in [3.8, 4) is 5.75 Å². The van der Waals surface area contributed by atoms with E-state index in [2.05, 4.69) is 18.2 Å². The van der Waals surface area contributed by atoms with Crippen LogP contribution >= 0.6 is 0 Å². The molecule has 1 N–H and O–H groups in total. The minimum atomic E-state index is 0.0151. The Kier molecular flexibility index (Phi) is 3.75. The number of hydrogen-bond donors (Lipinski definition) is 1. The first-order valence-electron chi connectivity index (χ1n) is 7.21.